The molecule has 2 unspecified atom stereocenters. The highest BCUT2D eigenvalue weighted by Gasteiger charge is 2.55. The van der Waals surface area contributed by atoms with E-state index in [1.54, 1.807) is 0 Å². The van der Waals surface area contributed by atoms with Gasteiger partial charge in [-0.05, 0) is 19.4 Å². The Morgan fingerprint density at radius 3 is 2.52 bits per heavy atom. The van der Waals surface area contributed by atoms with Crippen LogP contribution >= 0.6 is 0 Å². The number of benzene rings is 1. The van der Waals surface area contributed by atoms with Crippen LogP contribution in [0.5, 0.6) is 0 Å². The van der Waals surface area contributed by atoms with E-state index in [9.17, 15) is 4.79 Å². The Hall–Kier alpha value is -1.43. The van der Waals surface area contributed by atoms with Crippen LogP contribution in [0.4, 0.5) is 0 Å². The van der Waals surface area contributed by atoms with Gasteiger partial charge in [0, 0.05) is 6.92 Å². The Morgan fingerprint density at radius 1 is 1.19 bits per heavy atom. The molecule has 2 aliphatic heterocycles. The van der Waals surface area contributed by atoms with Crippen molar-refractivity contribution in [3.05, 3.63) is 35.9 Å². The van der Waals surface area contributed by atoms with E-state index >= 15 is 0 Å². The zero-order chi connectivity index (χ0) is 15.0. The van der Waals surface area contributed by atoms with Gasteiger partial charge in [-0.1, -0.05) is 30.3 Å². The first-order valence-electron chi connectivity index (χ1n) is 7.16. The number of carbonyl (C=O) groups excluding carboxylic acids is 1. The SMILES string of the molecule is CC(=O)OCC1OC(c2ccccc2)[C@@H]2OC(C)(C)O[C@H]12. The van der Waals surface area contributed by atoms with Crippen LogP contribution in [0.2, 0.25) is 0 Å². The van der Waals surface area contributed by atoms with Crippen molar-refractivity contribution in [2.24, 2.45) is 0 Å². The number of hydrogen-bond acceptors (Lipinski definition) is 5. The van der Waals surface area contributed by atoms with E-state index in [2.05, 4.69) is 0 Å². The molecule has 0 bridgehead atoms. The first-order chi connectivity index (χ1) is 9.96. The summed E-state index contributed by atoms with van der Waals surface area (Å²) in [6, 6.07) is 9.90. The van der Waals surface area contributed by atoms with Gasteiger partial charge in [0.25, 0.3) is 0 Å². The van der Waals surface area contributed by atoms with E-state index in [0.29, 0.717) is 0 Å². The lowest BCUT2D eigenvalue weighted by Crippen LogP contribution is -2.33. The molecular weight excluding hydrogens is 272 g/mol. The van der Waals surface area contributed by atoms with Crippen molar-refractivity contribution >= 4 is 5.97 Å². The third kappa shape index (κ3) is 2.95. The van der Waals surface area contributed by atoms with E-state index in [1.165, 1.54) is 6.92 Å². The topological polar surface area (TPSA) is 54.0 Å². The molecule has 4 atom stereocenters. The molecule has 2 heterocycles. The van der Waals surface area contributed by atoms with Crippen molar-refractivity contribution in [3.63, 3.8) is 0 Å². The van der Waals surface area contributed by atoms with Crippen molar-refractivity contribution in [2.45, 2.75) is 51.0 Å². The maximum absolute atomic E-state index is 11.0. The van der Waals surface area contributed by atoms with Gasteiger partial charge in [-0.15, -0.1) is 0 Å². The molecule has 0 N–H and O–H groups in total. The van der Waals surface area contributed by atoms with Gasteiger partial charge in [-0.2, -0.15) is 0 Å². The Balaban J connectivity index is 1.81. The molecule has 2 saturated heterocycles. The molecule has 0 aliphatic carbocycles. The molecule has 0 amide bonds. The minimum atomic E-state index is -0.652. The van der Waals surface area contributed by atoms with Crippen LogP contribution in [-0.2, 0) is 23.7 Å². The molecule has 0 radical (unpaired) electrons. The fourth-order valence-corrected chi connectivity index (χ4v) is 2.93. The molecule has 2 fully saturated rings. The zero-order valence-corrected chi connectivity index (χ0v) is 12.4. The van der Waals surface area contributed by atoms with Gasteiger partial charge in [0.15, 0.2) is 5.79 Å². The lowest BCUT2D eigenvalue weighted by Gasteiger charge is -2.24. The number of hydrogen-bond donors (Lipinski definition) is 0. The lowest BCUT2D eigenvalue weighted by molar-refractivity contribution is -0.193. The molecule has 3 rings (SSSR count). The number of ether oxygens (including phenoxy) is 4. The maximum Gasteiger partial charge on any atom is 0.302 e. The zero-order valence-electron chi connectivity index (χ0n) is 12.4. The smallest absolute Gasteiger partial charge is 0.302 e. The summed E-state index contributed by atoms with van der Waals surface area (Å²) in [5, 5.41) is 0. The fourth-order valence-electron chi connectivity index (χ4n) is 2.93. The summed E-state index contributed by atoms with van der Waals surface area (Å²) in [5.74, 6) is -0.975. The highest BCUT2D eigenvalue weighted by Crippen LogP contribution is 2.45. The van der Waals surface area contributed by atoms with Crippen LogP contribution in [0.1, 0.15) is 32.4 Å². The number of esters is 1. The average Bonchev–Trinajstić information content (AvgIpc) is 2.91. The molecule has 1 aromatic rings. The maximum atomic E-state index is 11.0. The summed E-state index contributed by atoms with van der Waals surface area (Å²) in [5.41, 5.74) is 1.04. The highest BCUT2D eigenvalue weighted by atomic mass is 16.8. The summed E-state index contributed by atoms with van der Waals surface area (Å²) in [6.45, 7) is 5.34. The Kier molecular flexibility index (Phi) is 3.73. The first kappa shape index (κ1) is 14.5. The Bertz CT molecular complexity index is 513. The van der Waals surface area contributed by atoms with Crippen LogP contribution in [-0.4, -0.2) is 36.7 Å². The molecular formula is C16H20O5. The minimum absolute atomic E-state index is 0.180. The molecule has 1 aromatic carbocycles. The third-order valence-corrected chi connectivity index (χ3v) is 3.73. The van der Waals surface area contributed by atoms with Gasteiger partial charge in [-0.3, -0.25) is 4.79 Å². The predicted octanol–water partition coefficient (Wildman–Crippen LogP) is 2.21. The molecule has 2 aliphatic rings. The van der Waals surface area contributed by atoms with Gasteiger partial charge in [-0.25, -0.2) is 0 Å². The summed E-state index contributed by atoms with van der Waals surface area (Å²) >= 11 is 0. The summed E-state index contributed by atoms with van der Waals surface area (Å²) in [7, 11) is 0. The normalized spacial score (nSPS) is 33.7. The average molecular weight is 292 g/mol. The van der Waals surface area contributed by atoms with Gasteiger partial charge in [0.05, 0.1) is 0 Å². The molecule has 0 spiro atoms. The monoisotopic (exact) mass is 292 g/mol. The molecule has 5 heteroatoms. The van der Waals surface area contributed by atoms with Crippen molar-refractivity contribution in [3.8, 4) is 0 Å². The molecule has 0 aromatic heterocycles. The summed E-state index contributed by atoms with van der Waals surface area (Å²) in [4.78, 5) is 11.0. The van der Waals surface area contributed by atoms with E-state index in [-0.39, 0.29) is 37.0 Å². The predicted molar refractivity (Wildman–Crippen MR) is 74.5 cm³/mol. The third-order valence-electron chi connectivity index (χ3n) is 3.73. The Morgan fingerprint density at radius 2 is 1.86 bits per heavy atom. The summed E-state index contributed by atoms with van der Waals surface area (Å²) in [6.07, 6.45) is -0.947. The molecule has 114 valence electrons. The second kappa shape index (κ2) is 5.40. The van der Waals surface area contributed by atoms with Crippen molar-refractivity contribution in [1.29, 1.82) is 0 Å². The lowest BCUT2D eigenvalue weighted by atomic mass is 10.0. The Labute approximate surface area is 124 Å². The number of fused-ring (bicyclic) bond motifs is 1. The first-order valence-corrected chi connectivity index (χ1v) is 7.16. The van der Waals surface area contributed by atoms with Crippen LogP contribution in [0.3, 0.4) is 0 Å². The highest BCUT2D eigenvalue weighted by molar-refractivity contribution is 5.65. The molecule has 0 saturated carbocycles. The van der Waals surface area contributed by atoms with Crippen molar-refractivity contribution in [1.82, 2.24) is 0 Å². The number of carbonyl (C=O) groups is 1. The second-order valence-electron chi connectivity index (χ2n) is 5.87. The fraction of sp³-hybridized carbons (Fsp3) is 0.562. The van der Waals surface area contributed by atoms with E-state index in [1.807, 2.05) is 44.2 Å². The standard InChI is InChI=1S/C16H20O5/c1-10(17)18-9-12-14-15(21-16(2,3)20-14)13(19-12)11-7-5-4-6-8-11/h4-8,12-15H,9H2,1-3H3/t12?,13?,14-,15+/m1/s1. The largest absolute Gasteiger partial charge is 0.463 e. The van der Waals surface area contributed by atoms with Gasteiger partial charge in [0.1, 0.15) is 31.0 Å². The van der Waals surface area contributed by atoms with E-state index in [4.69, 9.17) is 18.9 Å². The van der Waals surface area contributed by atoms with Crippen LogP contribution < -0.4 is 0 Å². The number of rotatable bonds is 3. The summed E-state index contributed by atoms with van der Waals surface area (Å²) < 4.78 is 23.0. The minimum Gasteiger partial charge on any atom is -0.463 e. The van der Waals surface area contributed by atoms with Crippen LogP contribution in [0, 0.1) is 0 Å². The molecule has 5 nitrogen and oxygen atoms in total. The van der Waals surface area contributed by atoms with Crippen LogP contribution in [0.25, 0.3) is 0 Å². The van der Waals surface area contributed by atoms with Gasteiger partial charge >= 0.3 is 5.97 Å². The van der Waals surface area contributed by atoms with Crippen molar-refractivity contribution in [2.75, 3.05) is 6.61 Å². The van der Waals surface area contributed by atoms with Crippen LogP contribution in [0.15, 0.2) is 30.3 Å². The van der Waals surface area contributed by atoms with E-state index < -0.39 is 5.79 Å². The van der Waals surface area contributed by atoms with Gasteiger partial charge < -0.3 is 18.9 Å². The van der Waals surface area contributed by atoms with Gasteiger partial charge in [0.2, 0.25) is 0 Å². The molecule has 21 heavy (non-hydrogen) atoms. The van der Waals surface area contributed by atoms with Crippen molar-refractivity contribution < 1.29 is 23.7 Å². The van der Waals surface area contributed by atoms with E-state index in [0.717, 1.165) is 5.56 Å². The quantitative estimate of drug-likeness (QED) is 0.800. The second-order valence-corrected chi connectivity index (χ2v) is 5.87.